The zero-order chi connectivity index (χ0) is 12.9. The molecule has 1 saturated heterocycles. The van der Waals surface area contributed by atoms with Gasteiger partial charge in [0.05, 0.1) is 12.6 Å². The van der Waals surface area contributed by atoms with Crippen LogP contribution in [0.15, 0.2) is 18.2 Å². The van der Waals surface area contributed by atoms with E-state index in [2.05, 4.69) is 5.32 Å². The number of hydrogen-bond acceptors (Lipinski definition) is 4. The van der Waals surface area contributed by atoms with Gasteiger partial charge in [0.25, 0.3) is 0 Å². The first kappa shape index (κ1) is 11.3. The van der Waals surface area contributed by atoms with E-state index in [0.717, 1.165) is 11.3 Å². The summed E-state index contributed by atoms with van der Waals surface area (Å²) in [7, 11) is 1.33. The Kier molecular flexibility index (Phi) is 2.25. The number of carbonyl (C=O) groups is 1. The quantitative estimate of drug-likeness (QED) is 0.727. The maximum absolute atomic E-state index is 13.3. The number of likely N-dealkylation sites (tertiary alicyclic amines) is 1. The SMILES string of the molecule is COC(=O)N1CC[C@]2(N)c3cc(F)ccc3N[C@H]12. The van der Waals surface area contributed by atoms with Crippen molar-refractivity contribution < 1.29 is 13.9 Å². The number of halogens is 1. The number of rotatable bonds is 0. The van der Waals surface area contributed by atoms with Crippen molar-refractivity contribution in [2.45, 2.75) is 18.1 Å². The first-order chi connectivity index (χ1) is 8.56. The topological polar surface area (TPSA) is 67.6 Å². The van der Waals surface area contributed by atoms with Crippen molar-refractivity contribution in [3.8, 4) is 0 Å². The van der Waals surface area contributed by atoms with Gasteiger partial charge in [-0.15, -0.1) is 0 Å². The molecule has 1 aromatic rings. The van der Waals surface area contributed by atoms with Crippen LogP contribution in [0.1, 0.15) is 12.0 Å². The number of methoxy groups -OCH3 is 1. The molecule has 1 aromatic carbocycles. The molecule has 2 heterocycles. The highest BCUT2D eigenvalue weighted by Gasteiger charge is 2.53. The lowest BCUT2D eigenvalue weighted by Gasteiger charge is -2.28. The van der Waals surface area contributed by atoms with Gasteiger partial charge in [-0.1, -0.05) is 0 Å². The van der Waals surface area contributed by atoms with Crippen LogP contribution in [0.2, 0.25) is 0 Å². The number of amides is 1. The standard InChI is InChI=1S/C12H14FN3O2/c1-18-11(17)16-5-4-12(14)8-6-7(13)2-3-9(8)15-10(12)16/h2-3,6,10,15H,4-5,14H2,1H3/t10-,12+/m1/s1. The zero-order valence-corrected chi connectivity index (χ0v) is 9.94. The van der Waals surface area contributed by atoms with Gasteiger partial charge in [-0.25, -0.2) is 9.18 Å². The van der Waals surface area contributed by atoms with Crippen LogP contribution in [0, 0.1) is 5.82 Å². The van der Waals surface area contributed by atoms with Crippen molar-refractivity contribution in [2.24, 2.45) is 5.73 Å². The molecule has 3 rings (SSSR count). The first-order valence-electron chi connectivity index (χ1n) is 5.76. The Labute approximate surface area is 104 Å². The third-order valence-corrected chi connectivity index (χ3v) is 3.75. The molecule has 96 valence electrons. The number of hydrogen-bond donors (Lipinski definition) is 2. The highest BCUT2D eigenvalue weighted by Crippen LogP contribution is 2.45. The lowest BCUT2D eigenvalue weighted by atomic mass is 9.90. The van der Waals surface area contributed by atoms with E-state index in [1.807, 2.05) is 0 Å². The van der Waals surface area contributed by atoms with Crippen LogP contribution in [0.25, 0.3) is 0 Å². The largest absolute Gasteiger partial charge is 0.453 e. The van der Waals surface area contributed by atoms with Crippen LogP contribution in [-0.4, -0.2) is 30.8 Å². The van der Waals surface area contributed by atoms with E-state index in [-0.39, 0.29) is 12.0 Å². The van der Waals surface area contributed by atoms with Gasteiger partial charge in [0.15, 0.2) is 0 Å². The van der Waals surface area contributed by atoms with Crippen LogP contribution >= 0.6 is 0 Å². The molecular formula is C12H14FN3O2. The second-order valence-corrected chi connectivity index (χ2v) is 4.69. The average molecular weight is 251 g/mol. The lowest BCUT2D eigenvalue weighted by molar-refractivity contribution is 0.118. The van der Waals surface area contributed by atoms with Gasteiger partial charge in [-0.2, -0.15) is 0 Å². The fourth-order valence-electron chi connectivity index (χ4n) is 2.83. The average Bonchev–Trinajstić information content (AvgIpc) is 2.82. The van der Waals surface area contributed by atoms with E-state index in [9.17, 15) is 9.18 Å². The Balaban J connectivity index is 2.01. The minimum Gasteiger partial charge on any atom is -0.453 e. The van der Waals surface area contributed by atoms with Crippen LogP contribution in [0.5, 0.6) is 0 Å². The van der Waals surface area contributed by atoms with Crippen molar-refractivity contribution in [3.63, 3.8) is 0 Å². The summed E-state index contributed by atoms with van der Waals surface area (Å²) >= 11 is 0. The third kappa shape index (κ3) is 1.32. The van der Waals surface area contributed by atoms with E-state index >= 15 is 0 Å². The van der Waals surface area contributed by atoms with Gasteiger partial charge in [0.1, 0.15) is 12.0 Å². The zero-order valence-electron chi connectivity index (χ0n) is 9.94. The summed E-state index contributed by atoms with van der Waals surface area (Å²) in [5.41, 5.74) is 7.10. The molecule has 2 atom stereocenters. The summed E-state index contributed by atoms with van der Waals surface area (Å²) in [6.07, 6.45) is -0.217. The predicted octanol–water partition coefficient (Wildman–Crippen LogP) is 1.20. The smallest absolute Gasteiger partial charge is 0.411 e. The van der Waals surface area contributed by atoms with Crippen molar-refractivity contribution >= 4 is 11.8 Å². The molecule has 1 amide bonds. The number of anilines is 1. The predicted molar refractivity (Wildman–Crippen MR) is 63.4 cm³/mol. The Hall–Kier alpha value is -1.82. The molecule has 2 aliphatic heterocycles. The van der Waals surface area contributed by atoms with Gasteiger partial charge in [0, 0.05) is 17.8 Å². The number of fused-ring (bicyclic) bond motifs is 3. The Morgan fingerprint density at radius 1 is 1.67 bits per heavy atom. The summed E-state index contributed by atoms with van der Waals surface area (Å²) in [6.45, 7) is 0.497. The van der Waals surface area contributed by atoms with Crippen molar-refractivity contribution in [3.05, 3.63) is 29.6 Å². The molecule has 6 heteroatoms. The van der Waals surface area contributed by atoms with E-state index < -0.39 is 11.6 Å². The molecule has 0 radical (unpaired) electrons. The fraction of sp³-hybridized carbons (Fsp3) is 0.417. The summed E-state index contributed by atoms with van der Waals surface area (Å²) in [5.74, 6) is -0.322. The molecule has 0 unspecified atom stereocenters. The molecule has 5 nitrogen and oxygen atoms in total. The molecule has 0 aliphatic carbocycles. The number of ether oxygens (including phenoxy) is 1. The van der Waals surface area contributed by atoms with Crippen LogP contribution in [0.4, 0.5) is 14.9 Å². The number of benzene rings is 1. The monoisotopic (exact) mass is 251 g/mol. The second-order valence-electron chi connectivity index (χ2n) is 4.69. The molecular weight excluding hydrogens is 237 g/mol. The van der Waals surface area contributed by atoms with Crippen LogP contribution < -0.4 is 11.1 Å². The molecule has 0 saturated carbocycles. The highest BCUT2D eigenvalue weighted by atomic mass is 19.1. The van der Waals surface area contributed by atoms with Gasteiger partial charge >= 0.3 is 6.09 Å². The van der Waals surface area contributed by atoms with Crippen LogP contribution in [0.3, 0.4) is 0 Å². The summed E-state index contributed by atoms with van der Waals surface area (Å²) in [6, 6.07) is 4.45. The Bertz CT molecular complexity index is 522. The van der Waals surface area contributed by atoms with E-state index in [0.29, 0.717) is 13.0 Å². The maximum Gasteiger partial charge on any atom is 0.411 e. The number of nitrogens with zero attached hydrogens (tertiary/aromatic N) is 1. The molecule has 3 N–H and O–H groups in total. The second kappa shape index (κ2) is 3.58. The number of carbonyl (C=O) groups excluding carboxylic acids is 1. The summed E-state index contributed by atoms with van der Waals surface area (Å²) in [5, 5.41) is 3.16. The van der Waals surface area contributed by atoms with Gasteiger partial charge in [-0.05, 0) is 24.6 Å². The maximum atomic E-state index is 13.3. The lowest BCUT2D eigenvalue weighted by Crippen LogP contribution is -2.50. The number of nitrogens with one attached hydrogen (secondary N) is 1. The Morgan fingerprint density at radius 3 is 3.17 bits per heavy atom. The van der Waals surface area contributed by atoms with E-state index in [1.54, 1.807) is 6.07 Å². The van der Waals surface area contributed by atoms with Crippen molar-refractivity contribution in [1.82, 2.24) is 4.90 Å². The molecule has 0 aromatic heterocycles. The number of nitrogens with two attached hydrogens (primary N) is 1. The molecule has 0 bridgehead atoms. The summed E-state index contributed by atoms with van der Waals surface area (Å²) < 4.78 is 18.0. The third-order valence-electron chi connectivity index (χ3n) is 3.75. The van der Waals surface area contributed by atoms with Crippen molar-refractivity contribution in [2.75, 3.05) is 19.0 Å². The highest BCUT2D eigenvalue weighted by molar-refractivity contribution is 5.72. The Morgan fingerprint density at radius 2 is 2.44 bits per heavy atom. The minimum absolute atomic E-state index is 0.322. The minimum atomic E-state index is -0.744. The van der Waals surface area contributed by atoms with Crippen LogP contribution in [-0.2, 0) is 10.3 Å². The molecule has 2 aliphatic rings. The first-order valence-corrected chi connectivity index (χ1v) is 5.76. The van der Waals surface area contributed by atoms with Gasteiger partial charge in [-0.3, -0.25) is 4.90 Å². The fourth-order valence-corrected chi connectivity index (χ4v) is 2.83. The molecule has 18 heavy (non-hydrogen) atoms. The van der Waals surface area contributed by atoms with E-state index in [4.69, 9.17) is 10.5 Å². The summed E-state index contributed by atoms with van der Waals surface area (Å²) in [4.78, 5) is 13.2. The molecule has 1 fully saturated rings. The normalized spacial score (nSPS) is 28.6. The molecule has 0 spiro atoms. The van der Waals surface area contributed by atoms with E-state index in [1.165, 1.54) is 24.1 Å². The van der Waals surface area contributed by atoms with Gasteiger partial charge < -0.3 is 15.8 Å². The van der Waals surface area contributed by atoms with Gasteiger partial charge in [0.2, 0.25) is 0 Å². The van der Waals surface area contributed by atoms with Crippen molar-refractivity contribution in [1.29, 1.82) is 0 Å².